The van der Waals surface area contributed by atoms with E-state index in [0.29, 0.717) is 44.7 Å². The van der Waals surface area contributed by atoms with Gasteiger partial charge in [0.2, 0.25) is 0 Å². The summed E-state index contributed by atoms with van der Waals surface area (Å²) < 4.78 is 35.7. The molecule has 0 aromatic carbocycles. The van der Waals surface area contributed by atoms with E-state index in [0.717, 1.165) is 0 Å². The second kappa shape index (κ2) is 32.2. The standard InChI is InChI=1S/C15H21NO8.C11H18O6.C4H5NO3.C2H2/c1-2-7-21-8-9-22-10-11-23-14(19)5-6-15(20)24-16-12(17)3-4-13(16)18;1-2-5-15-6-7-16-8-9-17-11(14)4-3-10(12)13;6-3-1-2-4(7)5(3)8;1-2/h2H,1,3-11H2;2H,1,3-9H2,(H,12,13);8H,1-2H2;1-2H/i;;;1D. The van der Waals surface area contributed by atoms with Crippen LogP contribution in [0.4, 0.5) is 0 Å². The summed E-state index contributed by atoms with van der Waals surface area (Å²) in [5.41, 5.74) is 0. The normalized spacial score (nSPS) is 13.2. The number of carboxylic acid groups (broad SMARTS) is 1. The lowest BCUT2D eigenvalue weighted by Crippen LogP contribution is -2.32. The van der Waals surface area contributed by atoms with Gasteiger partial charge in [-0.3, -0.25) is 38.8 Å². The SMILES string of the molecule is C=CCOCCOCCOC(=O)CCC(=O)O.C=CCOCCOCCOC(=O)CCC(=O)ON1C(=O)CCC1=O.O=C1CCC(=O)N1O.[2H]C#C. The van der Waals surface area contributed by atoms with Gasteiger partial charge in [-0.1, -0.05) is 12.2 Å². The molecule has 0 aromatic rings. The van der Waals surface area contributed by atoms with Gasteiger partial charge in [0, 0.05) is 25.7 Å². The maximum absolute atomic E-state index is 11.5. The lowest BCUT2D eigenvalue weighted by atomic mass is 10.3. The summed E-state index contributed by atoms with van der Waals surface area (Å²) in [7, 11) is 0. The molecule has 2 fully saturated rings. The van der Waals surface area contributed by atoms with E-state index in [9.17, 15) is 38.4 Å². The van der Waals surface area contributed by atoms with Crippen LogP contribution in [0.5, 0.6) is 0 Å². The van der Waals surface area contributed by atoms with E-state index < -0.39 is 47.5 Å². The molecule has 0 bridgehead atoms. The first-order valence-electron chi connectivity index (χ1n) is 15.9. The third-order valence-corrected chi connectivity index (χ3v) is 5.50. The lowest BCUT2D eigenvalue weighted by Gasteiger charge is -2.12. The fourth-order valence-electron chi connectivity index (χ4n) is 3.13. The van der Waals surface area contributed by atoms with Crippen molar-refractivity contribution in [2.45, 2.75) is 51.4 Å². The van der Waals surface area contributed by atoms with Gasteiger partial charge in [-0.05, 0) is 0 Å². The van der Waals surface area contributed by atoms with Crippen LogP contribution in [0.15, 0.2) is 25.3 Å². The highest BCUT2D eigenvalue weighted by atomic mass is 16.7. The van der Waals surface area contributed by atoms with E-state index in [1.165, 1.54) is 6.40 Å². The van der Waals surface area contributed by atoms with Crippen molar-refractivity contribution in [2.75, 3.05) is 66.1 Å². The Morgan fingerprint density at radius 2 is 1.00 bits per heavy atom. The van der Waals surface area contributed by atoms with E-state index in [-0.39, 0.29) is 82.9 Å². The number of esters is 2. The Morgan fingerprint density at radius 3 is 1.37 bits per heavy atom. The highest BCUT2D eigenvalue weighted by Crippen LogP contribution is 2.13. The van der Waals surface area contributed by atoms with E-state index in [4.69, 9.17) is 40.1 Å². The van der Waals surface area contributed by atoms with Gasteiger partial charge in [-0.2, -0.15) is 5.06 Å². The maximum Gasteiger partial charge on any atom is 0.333 e. The van der Waals surface area contributed by atoms with E-state index in [1.54, 1.807) is 12.2 Å². The first kappa shape index (κ1) is 46.0. The molecule has 0 atom stereocenters. The van der Waals surface area contributed by atoms with Crippen molar-refractivity contribution in [1.82, 2.24) is 10.1 Å². The zero-order valence-electron chi connectivity index (χ0n) is 29.3. The van der Waals surface area contributed by atoms with Crippen molar-refractivity contribution in [1.29, 1.82) is 0 Å². The Morgan fingerprint density at radius 1 is 0.647 bits per heavy atom. The fourth-order valence-corrected chi connectivity index (χ4v) is 3.13. The summed E-state index contributed by atoms with van der Waals surface area (Å²) in [4.78, 5) is 91.6. The Labute approximate surface area is 296 Å². The average Bonchev–Trinajstić information content (AvgIpc) is 3.59. The summed E-state index contributed by atoms with van der Waals surface area (Å²) in [5.74, 6) is -5.12. The topological polar surface area (TPSA) is 248 Å². The molecule has 2 aliphatic heterocycles. The first-order valence-corrected chi connectivity index (χ1v) is 15.4. The molecule has 0 unspecified atom stereocenters. The predicted octanol–water partition coefficient (Wildman–Crippen LogP) is 0.524. The molecule has 0 spiro atoms. The Balaban J connectivity index is 0. The van der Waals surface area contributed by atoms with Gasteiger partial charge < -0.3 is 38.4 Å². The van der Waals surface area contributed by atoms with Gasteiger partial charge in [-0.15, -0.1) is 31.0 Å². The highest BCUT2D eigenvalue weighted by molar-refractivity contribution is 6.01. The quantitative estimate of drug-likeness (QED) is 0.0363. The van der Waals surface area contributed by atoms with Crippen LogP contribution in [0.2, 0.25) is 0 Å². The number of hydrogen-bond donors (Lipinski definition) is 2. The van der Waals surface area contributed by atoms with Crippen LogP contribution < -0.4 is 0 Å². The number of hydroxylamine groups is 4. The van der Waals surface area contributed by atoms with Crippen LogP contribution in [0.1, 0.15) is 52.7 Å². The molecule has 0 saturated carbocycles. The molecule has 19 heteroatoms. The lowest BCUT2D eigenvalue weighted by molar-refractivity contribution is -0.197. The van der Waals surface area contributed by atoms with Gasteiger partial charge in [0.1, 0.15) is 14.6 Å². The van der Waals surface area contributed by atoms with Crippen molar-refractivity contribution in [2.24, 2.45) is 0 Å². The number of carbonyl (C=O) groups excluding carboxylic acids is 7. The summed E-state index contributed by atoms with van der Waals surface area (Å²) >= 11 is 0. The van der Waals surface area contributed by atoms with Crippen molar-refractivity contribution in [3.63, 3.8) is 0 Å². The van der Waals surface area contributed by atoms with E-state index in [2.05, 4.69) is 24.4 Å². The molecule has 2 rings (SSSR count). The number of amides is 4. The Kier molecular flexibility index (Phi) is 29.1. The van der Waals surface area contributed by atoms with Crippen molar-refractivity contribution in [3.05, 3.63) is 25.3 Å². The molecule has 4 amide bonds. The number of imide groups is 2. The number of aliphatic carboxylic acids is 1. The minimum absolute atomic E-state index is 0.0206. The smallest absolute Gasteiger partial charge is 0.333 e. The van der Waals surface area contributed by atoms with Gasteiger partial charge in [-0.25, -0.2) is 4.79 Å². The number of nitrogens with zero attached hydrogens (tertiary/aromatic N) is 2. The van der Waals surface area contributed by atoms with E-state index >= 15 is 0 Å². The molecule has 19 nitrogen and oxygen atoms in total. The molecule has 51 heavy (non-hydrogen) atoms. The van der Waals surface area contributed by atoms with E-state index in [1.807, 2.05) is 0 Å². The molecule has 0 radical (unpaired) electrons. The van der Waals surface area contributed by atoms with Crippen LogP contribution in [-0.2, 0) is 71.6 Å². The number of carbonyl (C=O) groups is 8. The van der Waals surface area contributed by atoms with Crippen LogP contribution in [0.3, 0.4) is 0 Å². The summed E-state index contributed by atoms with van der Waals surface area (Å²) in [6.45, 7) is 10.2. The molecule has 286 valence electrons. The first-order chi connectivity index (χ1) is 24.8. The fraction of sp³-hybridized carbons (Fsp3) is 0.562. The minimum atomic E-state index is -1.02. The third kappa shape index (κ3) is 27.5. The van der Waals surface area contributed by atoms with Crippen molar-refractivity contribution in [3.8, 4) is 12.8 Å². The summed E-state index contributed by atoms with van der Waals surface area (Å²) in [6, 6.07) is 0. The van der Waals surface area contributed by atoms with Crippen molar-refractivity contribution >= 4 is 47.5 Å². The molecule has 2 saturated heterocycles. The van der Waals surface area contributed by atoms with Gasteiger partial charge in [0.25, 0.3) is 23.6 Å². The molecular formula is C32H46N2O17. The van der Waals surface area contributed by atoms with Gasteiger partial charge in [0.15, 0.2) is 0 Å². The maximum atomic E-state index is 11.5. The highest BCUT2D eigenvalue weighted by Gasteiger charge is 2.32. The predicted molar refractivity (Wildman–Crippen MR) is 172 cm³/mol. The zero-order valence-corrected chi connectivity index (χ0v) is 28.3. The number of ether oxygens (including phenoxy) is 6. The van der Waals surface area contributed by atoms with Gasteiger partial charge in [0.05, 0.1) is 78.5 Å². The number of carboxylic acids is 1. The Bertz CT molecular complexity index is 1170. The van der Waals surface area contributed by atoms with Crippen LogP contribution in [-0.4, -0.2) is 134 Å². The molecule has 2 heterocycles. The molecule has 2 N–H and O–H groups in total. The number of terminal acetylenes is 1. The van der Waals surface area contributed by atoms with Crippen LogP contribution in [0.25, 0.3) is 0 Å². The zero-order chi connectivity index (χ0) is 39.6. The van der Waals surface area contributed by atoms with Crippen molar-refractivity contribution < 1.29 is 83.3 Å². The van der Waals surface area contributed by atoms with Crippen LogP contribution >= 0.6 is 0 Å². The molecule has 0 aromatic heterocycles. The second-order valence-electron chi connectivity index (χ2n) is 9.43. The minimum Gasteiger partial charge on any atom is -0.481 e. The Hall–Kier alpha value is -5.00. The molecule has 0 aliphatic carbocycles. The monoisotopic (exact) mass is 731 g/mol. The summed E-state index contributed by atoms with van der Waals surface area (Å²) in [6.07, 6.45) is 8.55. The van der Waals surface area contributed by atoms with Gasteiger partial charge >= 0.3 is 23.9 Å². The molecular weight excluding hydrogens is 684 g/mol. The number of rotatable bonds is 23. The largest absolute Gasteiger partial charge is 0.481 e. The summed E-state index contributed by atoms with van der Waals surface area (Å²) in [5, 5.41) is 17.3. The van der Waals surface area contributed by atoms with Crippen LogP contribution in [0, 0.1) is 12.8 Å². The molecule has 2 aliphatic rings. The number of hydrogen-bond acceptors (Lipinski definition) is 16. The second-order valence-corrected chi connectivity index (χ2v) is 9.43. The third-order valence-electron chi connectivity index (χ3n) is 5.50. The average molecular weight is 732 g/mol.